The van der Waals surface area contributed by atoms with Gasteiger partial charge in [0.1, 0.15) is 11.6 Å². The van der Waals surface area contributed by atoms with Crippen molar-refractivity contribution in [3.8, 4) is 0 Å². The quantitative estimate of drug-likeness (QED) is 0.928. The number of nitrogens with zero attached hydrogens (tertiary/aromatic N) is 2. The predicted molar refractivity (Wildman–Crippen MR) is 90.5 cm³/mol. The lowest BCUT2D eigenvalue weighted by molar-refractivity contribution is 0.0912. The lowest BCUT2D eigenvalue weighted by Crippen LogP contribution is -2.41. The predicted octanol–water partition coefficient (Wildman–Crippen LogP) is 3.61. The first-order valence-electron chi connectivity index (χ1n) is 7.12. The van der Waals surface area contributed by atoms with Crippen LogP contribution in [0.25, 0.3) is 0 Å². The molecule has 0 aliphatic heterocycles. The van der Waals surface area contributed by atoms with Crippen LogP contribution in [0.5, 0.6) is 0 Å². The topological polar surface area (TPSA) is 45.2 Å². The average molecular weight is 336 g/mol. The van der Waals surface area contributed by atoms with Crippen LogP contribution in [0.4, 0.5) is 10.2 Å². The summed E-state index contributed by atoms with van der Waals surface area (Å²) in [5.41, 5.74) is 0.398. The average Bonchev–Trinajstić information content (AvgIpc) is 2.46. The van der Waals surface area contributed by atoms with Gasteiger partial charge in [0.05, 0.1) is 5.54 Å². The Hall–Kier alpha value is -2.14. The molecule has 0 aliphatic carbocycles. The molecule has 1 N–H and O–H groups in total. The molecule has 2 aromatic rings. The summed E-state index contributed by atoms with van der Waals surface area (Å²) in [6.07, 6.45) is 1.59. The van der Waals surface area contributed by atoms with Gasteiger partial charge in [-0.25, -0.2) is 9.37 Å². The van der Waals surface area contributed by atoms with E-state index in [4.69, 9.17) is 11.6 Å². The maximum Gasteiger partial charge on any atom is 0.252 e. The number of hydrogen-bond donors (Lipinski definition) is 1. The summed E-state index contributed by atoms with van der Waals surface area (Å²) >= 11 is 6.10. The van der Waals surface area contributed by atoms with Gasteiger partial charge in [0.15, 0.2) is 0 Å². The van der Waals surface area contributed by atoms with Crippen LogP contribution in [-0.2, 0) is 5.54 Å². The molecular weight excluding hydrogens is 317 g/mol. The van der Waals surface area contributed by atoms with Crippen LogP contribution >= 0.6 is 11.6 Å². The number of carbonyl (C=O) groups is 1. The normalized spacial score (nSPS) is 11.2. The van der Waals surface area contributed by atoms with E-state index in [1.807, 2.05) is 32.8 Å². The summed E-state index contributed by atoms with van der Waals surface area (Å²) in [5, 5.41) is 3.20. The molecule has 0 aliphatic rings. The van der Waals surface area contributed by atoms with Crippen molar-refractivity contribution >= 4 is 23.3 Å². The Kier molecular flexibility index (Phi) is 4.90. The fourth-order valence-electron chi connectivity index (χ4n) is 2.22. The Bertz CT molecular complexity index is 732. The largest absolute Gasteiger partial charge is 0.363 e. The van der Waals surface area contributed by atoms with E-state index in [9.17, 15) is 9.18 Å². The maximum atomic E-state index is 13.2. The Morgan fingerprint density at radius 3 is 2.57 bits per heavy atom. The second-order valence-corrected chi connectivity index (χ2v) is 6.41. The highest BCUT2D eigenvalue weighted by Gasteiger charge is 2.26. The molecule has 6 heteroatoms. The standard InChI is InChI=1S/C17H19ClFN3O/c1-17(2,13-6-5-12(19)10-14(13)18)21-16(23)11-7-8-20-15(9-11)22(3)4/h5-10H,1-4H3,(H,21,23). The van der Waals surface area contributed by atoms with Gasteiger partial charge in [-0.3, -0.25) is 4.79 Å². The molecule has 0 atom stereocenters. The Morgan fingerprint density at radius 2 is 1.96 bits per heavy atom. The van der Waals surface area contributed by atoms with Gasteiger partial charge >= 0.3 is 0 Å². The van der Waals surface area contributed by atoms with Crippen molar-refractivity contribution in [1.82, 2.24) is 10.3 Å². The number of amides is 1. The number of pyridine rings is 1. The highest BCUT2D eigenvalue weighted by atomic mass is 35.5. The van der Waals surface area contributed by atoms with Crippen LogP contribution < -0.4 is 10.2 Å². The summed E-state index contributed by atoms with van der Waals surface area (Å²) in [7, 11) is 3.71. The molecule has 0 unspecified atom stereocenters. The molecule has 0 fully saturated rings. The molecule has 0 saturated carbocycles. The van der Waals surface area contributed by atoms with E-state index >= 15 is 0 Å². The zero-order chi connectivity index (χ0) is 17.2. The van der Waals surface area contributed by atoms with Crippen LogP contribution in [0.15, 0.2) is 36.5 Å². The molecular formula is C17H19ClFN3O. The highest BCUT2D eigenvalue weighted by Crippen LogP contribution is 2.28. The number of anilines is 1. The molecule has 0 radical (unpaired) electrons. The van der Waals surface area contributed by atoms with E-state index in [1.165, 1.54) is 12.1 Å². The van der Waals surface area contributed by atoms with Gasteiger partial charge in [0, 0.05) is 30.9 Å². The fraction of sp³-hybridized carbons (Fsp3) is 0.294. The monoisotopic (exact) mass is 335 g/mol. The van der Waals surface area contributed by atoms with Crippen LogP contribution in [-0.4, -0.2) is 25.0 Å². The second-order valence-electron chi connectivity index (χ2n) is 6.00. The summed E-state index contributed by atoms with van der Waals surface area (Å²) in [6.45, 7) is 3.64. The number of hydrogen-bond acceptors (Lipinski definition) is 3. The number of nitrogens with one attached hydrogen (secondary N) is 1. The number of aromatic nitrogens is 1. The summed E-state index contributed by atoms with van der Waals surface area (Å²) in [4.78, 5) is 18.5. The first kappa shape index (κ1) is 17.2. The third-order valence-electron chi connectivity index (χ3n) is 3.50. The third kappa shape index (κ3) is 3.99. The second kappa shape index (κ2) is 6.54. The van der Waals surface area contributed by atoms with Crippen molar-refractivity contribution in [3.05, 3.63) is 58.5 Å². The van der Waals surface area contributed by atoms with Crippen LogP contribution in [0.3, 0.4) is 0 Å². The summed E-state index contributed by atoms with van der Waals surface area (Å²) in [6, 6.07) is 7.49. The third-order valence-corrected chi connectivity index (χ3v) is 3.81. The van der Waals surface area contributed by atoms with Gasteiger partial charge in [0.2, 0.25) is 0 Å². The van der Waals surface area contributed by atoms with Crippen LogP contribution in [0, 0.1) is 5.82 Å². The minimum atomic E-state index is -0.747. The minimum absolute atomic E-state index is 0.249. The lowest BCUT2D eigenvalue weighted by Gasteiger charge is -2.28. The van der Waals surface area contributed by atoms with Crippen molar-refractivity contribution in [2.45, 2.75) is 19.4 Å². The number of benzene rings is 1. The lowest BCUT2D eigenvalue weighted by atomic mass is 9.93. The van der Waals surface area contributed by atoms with Crippen LogP contribution in [0.2, 0.25) is 5.02 Å². The molecule has 0 bridgehead atoms. The molecule has 0 saturated heterocycles. The molecule has 1 heterocycles. The van der Waals surface area contributed by atoms with E-state index < -0.39 is 11.4 Å². The van der Waals surface area contributed by atoms with Gasteiger partial charge in [-0.1, -0.05) is 17.7 Å². The molecule has 2 rings (SSSR count). The van der Waals surface area contributed by atoms with Gasteiger partial charge in [-0.05, 0) is 43.7 Å². The zero-order valence-corrected chi connectivity index (χ0v) is 14.3. The Labute approximate surface area is 140 Å². The summed E-state index contributed by atoms with van der Waals surface area (Å²) in [5.74, 6) is 0.0294. The first-order valence-corrected chi connectivity index (χ1v) is 7.50. The van der Waals surface area contributed by atoms with Crippen LogP contribution in [0.1, 0.15) is 29.8 Å². The minimum Gasteiger partial charge on any atom is -0.363 e. The smallest absolute Gasteiger partial charge is 0.252 e. The van der Waals surface area contributed by atoms with E-state index in [-0.39, 0.29) is 10.9 Å². The number of halogens is 2. The molecule has 1 aromatic carbocycles. The fourth-order valence-corrected chi connectivity index (χ4v) is 2.63. The SMILES string of the molecule is CN(C)c1cc(C(=O)NC(C)(C)c2ccc(F)cc2Cl)ccn1. The number of rotatable bonds is 4. The molecule has 122 valence electrons. The van der Waals surface area contributed by atoms with Crippen molar-refractivity contribution in [2.75, 3.05) is 19.0 Å². The Balaban J connectivity index is 2.26. The number of carbonyl (C=O) groups excluding carboxylic acids is 1. The van der Waals surface area contributed by atoms with Gasteiger partial charge < -0.3 is 10.2 Å². The van der Waals surface area contributed by atoms with Gasteiger partial charge in [-0.2, -0.15) is 0 Å². The van der Waals surface area contributed by atoms with E-state index in [0.29, 0.717) is 16.9 Å². The highest BCUT2D eigenvalue weighted by molar-refractivity contribution is 6.31. The molecule has 4 nitrogen and oxygen atoms in total. The van der Waals surface area contributed by atoms with Crippen molar-refractivity contribution in [2.24, 2.45) is 0 Å². The van der Waals surface area contributed by atoms with Crippen molar-refractivity contribution < 1.29 is 9.18 Å². The Morgan fingerprint density at radius 1 is 1.26 bits per heavy atom. The first-order chi connectivity index (χ1) is 10.7. The molecule has 1 aromatic heterocycles. The van der Waals surface area contributed by atoms with E-state index in [2.05, 4.69) is 10.3 Å². The molecule has 0 spiro atoms. The molecule has 1 amide bonds. The maximum absolute atomic E-state index is 13.2. The molecule has 23 heavy (non-hydrogen) atoms. The van der Waals surface area contributed by atoms with Gasteiger partial charge in [-0.15, -0.1) is 0 Å². The van der Waals surface area contributed by atoms with E-state index in [1.54, 1.807) is 24.4 Å². The van der Waals surface area contributed by atoms with Crippen molar-refractivity contribution in [1.29, 1.82) is 0 Å². The zero-order valence-electron chi connectivity index (χ0n) is 13.5. The van der Waals surface area contributed by atoms with E-state index in [0.717, 1.165) is 0 Å². The van der Waals surface area contributed by atoms with Crippen molar-refractivity contribution in [3.63, 3.8) is 0 Å². The van der Waals surface area contributed by atoms with Gasteiger partial charge in [0.25, 0.3) is 5.91 Å². The summed E-state index contributed by atoms with van der Waals surface area (Å²) < 4.78 is 13.2.